The molecule has 106 valence electrons. The zero-order valence-electron chi connectivity index (χ0n) is 10.7. The van der Waals surface area contributed by atoms with Crippen molar-refractivity contribution in [2.24, 2.45) is 0 Å². The normalized spacial score (nSPS) is 9.95. The summed E-state index contributed by atoms with van der Waals surface area (Å²) < 4.78 is 0.697. The molecule has 0 unspecified atom stereocenters. The largest absolute Gasteiger partial charge is 0.478 e. The molecule has 0 saturated carbocycles. The molecule has 0 aromatic heterocycles. The summed E-state index contributed by atoms with van der Waals surface area (Å²) in [6, 6.07) is 11.8. The first-order chi connectivity index (χ1) is 10.0. The Hall–Kier alpha value is -2.03. The summed E-state index contributed by atoms with van der Waals surface area (Å²) in [5.41, 5.74) is 2.28. The van der Waals surface area contributed by atoms with Crippen molar-refractivity contribution in [3.05, 3.63) is 62.6 Å². The number of hydrogen-bond donors (Lipinski definition) is 2. The van der Waals surface area contributed by atoms with Gasteiger partial charge in [0.2, 0.25) is 0 Å². The minimum absolute atomic E-state index is 0.218. The quantitative estimate of drug-likeness (QED) is 0.848. The van der Waals surface area contributed by atoms with Crippen molar-refractivity contribution in [3.8, 4) is 6.07 Å². The third-order valence-corrected chi connectivity index (χ3v) is 3.93. The van der Waals surface area contributed by atoms with E-state index >= 15 is 0 Å². The fourth-order valence-corrected chi connectivity index (χ4v) is 2.45. The Morgan fingerprint density at radius 1 is 1.33 bits per heavy atom. The maximum atomic E-state index is 10.9. The predicted octanol–water partition coefficient (Wildman–Crippen LogP) is 4.28. The number of carboxylic acid groups (broad SMARTS) is 1. The number of nitrogens with one attached hydrogen (secondary N) is 1. The number of rotatable bonds is 4. The SMILES string of the molecule is N#Cc1ccc(Cl)c(NCc2ccc(C(=O)O)cc2Br)c1. The molecule has 2 rings (SSSR count). The summed E-state index contributed by atoms with van der Waals surface area (Å²) >= 11 is 9.41. The Kier molecular flexibility index (Phi) is 4.84. The highest BCUT2D eigenvalue weighted by atomic mass is 79.9. The molecule has 6 heteroatoms. The van der Waals surface area contributed by atoms with E-state index in [1.807, 2.05) is 0 Å². The number of benzene rings is 2. The maximum Gasteiger partial charge on any atom is 0.335 e. The molecular formula is C15H10BrClN2O2. The molecule has 0 radical (unpaired) electrons. The van der Waals surface area contributed by atoms with E-state index < -0.39 is 5.97 Å². The summed E-state index contributed by atoms with van der Waals surface area (Å²) in [6.07, 6.45) is 0. The van der Waals surface area contributed by atoms with Gasteiger partial charge in [-0.1, -0.05) is 33.6 Å². The highest BCUT2D eigenvalue weighted by Gasteiger charge is 2.08. The van der Waals surface area contributed by atoms with Crippen molar-refractivity contribution in [3.63, 3.8) is 0 Å². The fraction of sp³-hybridized carbons (Fsp3) is 0.0667. The molecule has 2 N–H and O–H groups in total. The van der Waals surface area contributed by atoms with Gasteiger partial charge in [0.25, 0.3) is 0 Å². The van der Waals surface area contributed by atoms with Gasteiger partial charge in [-0.05, 0) is 35.9 Å². The van der Waals surface area contributed by atoms with Gasteiger partial charge in [0.15, 0.2) is 0 Å². The highest BCUT2D eigenvalue weighted by Crippen LogP contribution is 2.25. The Balaban J connectivity index is 2.17. The molecule has 0 spiro atoms. The maximum absolute atomic E-state index is 10.9. The smallest absolute Gasteiger partial charge is 0.335 e. The fourth-order valence-electron chi connectivity index (χ4n) is 1.74. The number of carbonyl (C=O) groups is 1. The lowest BCUT2D eigenvalue weighted by molar-refractivity contribution is 0.0697. The van der Waals surface area contributed by atoms with Gasteiger partial charge < -0.3 is 10.4 Å². The van der Waals surface area contributed by atoms with Gasteiger partial charge in [0, 0.05) is 11.0 Å². The van der Waals surface area contributed by atoms with Crippen LogP contribution in [0, 0.1) is 11.3 Å². The molecule has 0 aliphatic heterocycles. The average Bonchev–Trinajstić information content (AvgIpc) is 2.47. The molecular weight excluding hydrogens is 356 g/mol. The molecule has 0 fully saturated rings. The topological polar surface area (TPSA) is 73.1 Å². The van der Waals surface area contributed by atoms with Gasteiger partial charge in [-0.2, -0.15) is 5.26 Å². The number of nitrogens with zero attached hydrogens (tertiary/aromatic N) is 1. The zero-order valence-corrected chi connectivity index (χ0v) is 13.1. The lowest BCUT2D eigenvalue weighted by Gasteiger charge is -2.10. The molecule has 2 aromatic carbocycles. The Labute approximate surface area is 135 Å². The zero-order chi connectivity index (χ0) is 15.4. The van der Waals surface area contributed by atoms with E-state index in [9.17, 15) is 4.79 Å². The molecule has 0 bridgehead atoms. The van der Waals surface area contributed by atoms with Crippen LogP contribution in [0.2, 0.25) is 5.02 Å². The molecule has 0 saturated heterocycles. The summed E-state index contributed by atoms with van der Waals surface area (Å²) in [5.74, 6) is -0.972. The van der Waals surface area contributed by atoms with Gasteiger partial charge in [-0.3, -0.25) is 0 Å². The minimum atomic E-state index is -0.972. The predicted molar refractivity (Wildman–Crippen MR) is 84.6 cm³/mol. The first-order valence-corrected chi connectivity index (χ1v) is 7.13. The van der Waals surface area contributed by atoms with Crippen LogP contribution in [0.15, 0.2) is 40.9 Å². The van der Waals surface area contributed by atoms with Crippen molar-refractivity contribution < 1.29 is 9.90 Å². The molecule has 0 heterocycles. The first kappa shape index (κ1) is 15.4. The standard InChI is InChI=1S/C15H10BrClN2O2/c16-12-6-10(15(20)21)2-3-11(12)8-19-14-5-9(7-18)1-4-13(14)17/h1-6,19H,8H2,(H,20,21). The van der Waals surface area contributed by atoms with Crippen molar-refractivity contribution in [1.29, 1.82) is 5.26 Å². The van der Waals surface area contributed by atoms with E-state index in [0.29, 0.717) is 27.3 Å². The molecule has 0 amide bonds. The van der Waals surface area contributed by atoms with Crippen LogP contribution in [0.25, 0.3) is 0 Å². The van der Waals surface area contributed by atoms with Crippen molar-refractivity contribution in [1.82, 2.24) is 0 Å². The Bertz CT molecular complexity index is 741. The molecule has 0 aliphatic rings. The summed E-state index contributed by atoms with van der Waals surface area (Å²) in [7, 11) is 0. The second-order valence-corrected chi connectivity index (χ2v) is 5.53. The van der Waals surface area contributed by atoms with Gasteiger partial charge in [-0.15, -0.1) is 0 Å². The van der Waals surface area contributed by atoms with Crippen LogP contribution in [-0.2, 0) is 6.54 Å². The van der Waals surface area contributed by atoms with Crippen molar-refractivity contribution >= 4 is 39.2 Å². The van der Waals surface area contributed by atoms with E-state index in [1.165, 1.54) is 6.07 Å². The van der Waals surface area contributed by atoms with Crippen LogP contribution >= 0.6 is 27.5 Å². The number of carboxylic acids is 1. The summed E-state index contributed by atoms with van der Waals surface area (Å²) in [5, 5.41) is 21.5. The van der Waals surface area contributed by atoms with Crippen LogP contribution in [0.4, 0.5) is 5.69 Å². The number of nitriles is 1. The Morgan fingerprint density at radius 3 is 2.71 bits per heavy atom. The van der Waals surface area contributed by atoms with Gasteiger partial charge >= 0.3 is 5.97 Å². The van der Waals surface area contributed by atoms with Gasteiger partial charge in [0.1, 0.15) is 0 Å². The van der Waals surface area contributed by atoms with E-state index in [2.05, 4.69) is 27.3 Å². The lowest BCUT2D eigenvalue weighted by atomic mass is 10.1. The highest BCUT2D eigenvalue weighted by molar-refractivity contribution is 9.10. The number of hydrogen-bond acceptors (Lipinski definition) is 3. The second-order valence-electron chi connectivity index (χ2n) is 4.27. The monoisotopic (exact) mass is 364 g/mol. The van der Waals surface area contributed by atoms with E-state index in [0.717, 1.165) is 5.56 Å². The van der Waals surface area contributed by atoms with E-state index in [1.54, 1.807) is 30.3 Å². The van der Waals surface area contributed by atoms with Crippen LogP contribution in [0.3, 0.4) is 0 Å². The van der Waals surface area contributed by atoms with Crippen molar-refractivity contribution in [2.75, 3.05) is 5.32 Å². The first-order valence-electron chi connectivity index (χ1n) is 5.96. The third kappa shape index (κ3) is 3.75. The molecule has 2 aromatic rings. The van der Waals surface area contributed by atoms with Crippen LogP contribution in [0.5, 0.6) is 0 Å². The summed E-state index contributed by atoms with van der Waals surface area (Å²) in [6.45, 7) is 0.453. The average molecular weight is 366 g/mol. The second kappa shape index (κ2) is 6.61. The van der Waals surface area contributed by atoms with E-state index in [4.69, 9.17) is 22.0 Å². The molecule has 0 aliphatic carbocycles. The Morgan fingerprint density at radius 2 is 2.10 bits per heavy atom. The molecule has 4 nitrogen and oxygen atoms in total. The number of anilines is 1. The van der Waals surface area contributed by atoms with E-state index in [-0.39, 0.29) is 5.56 Å². The van der Waals surface area contributed by atoms with Crippen molar-refractivity contribution in [2.45, 2.75) is 6.54 Å². The molecule has 0 atom stereocenters. The van der Waals surface area contributed by atoms with Crippen LogP contribution < -0.4 is 5.32 Å². The van der Waals surface area contributed by atoms with Gasteiger partial charge in [0.05, 0.1) is 27.9 Å². The molecule has 21 heavy (non-hydrogen) atoms. The number of aromatic carboxylic acids is 1. The minimum Gasteiger partial charge on any atom is -0.478 e. The van der Waals surface area contributed by atoms with Crippen LogP contribution in [0.1, 0.15) is 21.5 Å². The lowest BCUT2D eigenvalue weighted by Crippen LogP contribution is -2.03. The van der Waals surface area contributed by atoms with Gasteiger partial charge in [-0.25, -0.2) is 4.79 Å². The third-order valence-electron chi connectivity index (χ3n) is 2.86. The summed E-state index contributed by atoms with van der Waals surface area (Å²) in [4.78, 5) is 10.9. The van der Waals surface area contributed by atoms with Crippen LogP contribution in [-0.4, -0.2) is 11.1 Å². The number of halogens is 2.